The highest BCUT2D eigenvalue weighted by Crippen LogP contribution is 2.32. The Morgan fingerprint density at radius 3 is 2.13 bits per heavy atom. The lowest BCUT2D eigenvalue weighted by atomic mass is 10.1. The fraction of sp³-hybridized carbons (Fsp3) is 0.231. The number of nitrogens with zero attached hydrogens (tertiary/aromatic N) is 2. The van der Waals surface area contributed by atoms with E-state index >= 15 is 0 Å². The number of halogens is 3. The van der Waals surface area contributed by atoms with Crippen LogP contribution < -0.4 is 14.4 Å². The molecule has 0 bridgehead atoms. The third-order valence-electron chi connectivity index (χ3n) is 5.84. The number of hydrogen-bond acceptors (Lipinski definition) is 5. The Morgan fingerprint density at radius 2 is 1.58 bits per heavy atom. The van der Waals surface area contributed by atoms with Crippen LogP contribution in [0.4, 0.5) is 5.69 Å². The molecule has 1 N–H and O–H groups in total. The molecule has 38 heavy (non-hydrogen) atoms. The zero-order chi connectivity index (χ0) is 28.0. The van der Waals surface area contributed by atoms with Crippen molar-refractivity contribution >= 4 is 62.3 Å². The molecule has 0 aliphatic carbocycles. The van der Waals surface area contributed by atoms with Gasteiger partial charge in [0.25, 0.3) is 10.0 Å². The second-order valence-corrected chi connectivity index (χ2v) is 11.2. The molecular formula is C26H26Cl3N3O5S. The van der Waals surface area contributed by atoms with Gasteiger partial charge in [0.1, 0.15) is 18.3 Å². The summed E-state index contributed by atoms with van der Waals surface area (Å²) in [5.41, 5.74) is 0.557. The van der Waals surface area contributed by atoms with Crippen molar-refractivity contribution in [2.24, 2.45) is 0 Å². The SMILES string of the molecule is CNC(=O)[C@@H](C)N(Cc1c(Cl)cccc1Cl)C(=O)CN(c1ccc(OC)c(Cl)c1)S(=O)(=O)c1ccccc1. The Kier molecular flexibility index (Phi) is 9.89. The first-order valence-corrected chi connectivity index (χ1v) is 13.9. The molecule has 0 aliphatic heterocycles. The predicted molar refractivity (Wildman–Crippen MR) is 150 cm³/mol. The standard InChI is InChI=1S/C26H26Cl3N3O5S/c1-17(26(34)30-2)31(15-20-21(27)10-7-11-22(20)28)25(33)16-32(18-12-13-24(37-3)23(29)14-18)38(35,36)19-8-5-4-6-9-19/h4-14,17H,15-16H2,1-3H3,(H,30,34)/t17-/m1/s1. The summed E-state index contributed by atoms with van der Waals surface area (Å²) in [6.07, 6.45) is 0. The van der Waals surface area contributed by atoms with E-state index in [9.17, 15) is 18.0 Å². The van der Waals surface area contributed by atoms with E-state index in [1.165, 1.54) is 56.3 Å². The Labute approximate surface area is 237 Å². The number of hydrogen-bond donors (Lipinski definition) is 1. The molecule has 0 saturated carbocycles. The maximum Gasteiger partial charge on any atom is 0.264 e. The van der Waals surface area contributed by atoms with Crippen LogP contribution in [0.15, 0.2) is 71.6 Å². The summed E-state index contributed by atoms with van der Waals surface area (Å²) in [5.74, 6) is -0.781. The Hall–Kier alpha value is -2.98. The number of nitrogens with one attached hydrogen (secondary N) is 1. The van der Waals surface area contributed by atoms with E-state index in [0.29, 0.717) is 21.4 Å². The van der Waals surface area contributed by atoms with Crippen molar-refractivity contribution < 1.29 is 22.7 Å². The smallest absolute Gasteiger partial charge is 0.264 e. The van der Waals surface area contributed by atoms with E-state index in [0.717, 1.165) is 4.31 Å². The van der Waals surface area contributed by atoms with E-state index in [1.54, 1.807) is 36.4 Å². The third kappa shape index (κ3) is 6.53. The van der Waals surface area contributed by atoms with Crippen molar-refractivity contribution in [3.63, 3.8) is 0 Å². The first-order chi connectivity index (χ1) is 18.0. The summed E-state index contributed by atoms with van der Waals surface area (Å²) < 4.78 is 33.6. The van der Waals surface area contributed by atoms with Gasteiger partial charge in [-0.2, -0.15) is 0 Å². The van der Waals surface area contributed by atoms with Gasteiger partial charge in [-0.25, -0.2) is 8.42 Å². The summed E-state index contributed by atoms with van der Waals surface area (Å²) in [7, 11) is -1.35. The summed E-state index contributed by atoms with van der Waals surface area (Å²) in [4.78, 5) is 27.6. The van der Waals surface area contributed by atoms with E-state index in [-0.39, 0.29) is 22.2 Å². The highest BCUT2D eigenvalue weighted by atomic mass is 35.5. The zero-order valence-electron chi connectivity index (χ0n) is 20.8. The van der Waals surface area contributed by atoms with E-state index < -0.39 is 34.4 Å². The van der Waals surface area contributed by atoms with Crippen LogP contribution in [0.2, 0.25) is 15.1 Å². The van der Waals surface area contributed by atoms with Gasteiger partial charge in [-0.15, -0.1) is 0 Å². The number of methoxy groups -OCH3 is 1. The zero-order valence-corrected chi connectivity index (χ0v) is 23.9. The average molecular weight is 599 g/mol. The molecule has 3 aromatic carbocycles. The number of carbonyl (C=O) groups excluding carboxylic acids is 2. The van der Waals surface area contributed by atoms with Crippen LogP contribution in [0.5, 0.6) is 5.75 Å². The van der Waals surface area contributed by atoms with Gasteiger partial charge in [0.05, 0.1) is 22.7 Å². The van der Waals surface area contributed by atoms with Gasteiger partial charge in [0.15, 0.2) is 0 Å². The maximum atomic E-state index is 13.8. The average Bonchev–Trinajstić information content (AvgIpc) is 2.91. The topological polar surface area (TPSA) is 96.0 Å². The molecule has 0 radical (unpaired) electrons. The number of likely N-dealkylation sites (N-methyl/N-ethyl adjacent to an activating group) is 1. The number of benzene rings is 3. The number of sulfonamides is 1. The molecule has 0 aromatic heterocycles. The van der Waals surface area contributed by atoms with E-state index in [4.69, 9.17) is 39.5 Å². The van der Waals surface area contributed by atoms with Gasteiger partial charge in [-0.1, -0.05) is 59.1 Å². The number of ether oxygens (including phenoxy) is 1. The van der Waals surface area contributed by atoms with Crippen molar-refractivity contribution in [1.82, 2.24) is 10.2 Å². The van der Waals surface area contributed by atoms with Crippen LogP contribution in [0.3, 0.4) is 0 Å². The van der Waals surface area contributed by atoms with Crippen molar-refractivity contribution in [1.29, 1.82) is 0 Å². The van der Waals surface area contributed by atoms with Gasteiger partial charge >= 0.3 is 0 Å². The minimum absolute atomic E-state index is 0.0280. The lowest BCUT2D eigenvalue weighted by Gasteiger charge is -2.32. The Morgan fingerprint density at radius 1 is 0.947 bits per heavy atom. The fourth-order valence-corrected chi connectivity index (χ4v) is 5.90. The van der Waals surface area contributed by atoms with Crippen LogP contribution in [0, 0.1) is 0 Å². The molecule has 0 heterocycles. The molecule has 202 valence electrons. The van der Waals surface area contributed by atoms with Crippen molar-refractivity contribution in [3.05, 3.63) is 87.4 Å². The van der Waals surface area contributed by atoms with Crippen molar-refractivity contribution in [2.45, 2.75) is 24.4 Å². The fourth-order valence-electron chi connectivity index (χ4n) is 3.70. The normalized spacial score (nSPS) is 11.9. The second-order valence-electron chi connectivity index (χ2n) is 8.16. The van der Waals surface area contributed by atoms with Crippen LogP contribution >= 0.6 is 34.8 Å². The number of anilines is 1. The summed E-state index contributed by atoms with van der Waals surface area (Å²) >= 11 is 19.0. The van der Waals surface area contributed by atoms with Gasteiger partial charge in [-0.3, -0.25) is 13.9 Å². The van der Waals surface area contributed by atoms with Gasteiger partial charge in [-0.05, 0) is 49.4 Å². The lowest BCUT2D eigenvalue weighted by molar-refractivity contribution is -0.139. The molecule has 3 aromatic rings. The number of amides is 2. The molecule has 0 saturated heterocycles. The molecule has 1 atom stereocenters. The maximum absolute atomic E-state index is 13.8. The number of carbonyl (C=O) groups is 2. The van der Waals surface area contributed by atoms with Crippen LogP contribution in [0.1, 0.15) is 12.5 Å². The Balaban J connectivity index is 2.09. The molecule has 8 nitrogen and oxygen atoms in total. The molecule has 3 rings (SSSR count). The van der Waals surface area contributed by atoms with E-state index in [2.05, 4.69) is 5.32 Å². The molecular weight excluding hydrogens is 573 g/mol. The molecule has 2 amide bonds. The Bertz CT molecular complexity index is 1400. The van der Waals surface area contributed by atoms with Crippen LogP contribution in [0.25, 0.3) is 0 Å². The molecule has 0 unspecified atom stereocenters. The quantitative estimate of drug-likeness (QED) is 0.354. The highest BCUT2D eigenvalue weighted by molar-refractivity contribution is 7.92. The first-order valence-electron chi connectivity index (χ1n) is 11.4. The lowest BCUT2D eigenvalue weighted by Crippen LogP contribution is -2.50. The number of rotatable bonds is 10. The van der Waals surface area contributed by atoms with Crippen LogP contribution in [-0.2, 0) is 26.2 Å². The predicted octanol–water partition coefficient (Wildman–Crippen LogP) is 5.01. The van der Waals surface area contributed by atoms with E-state index in [1.807, 2.05) is 0 Å². The highest BCUT2D eigenvalue weighted by Gasteiger charge is 2.33. The van der Waals surface area contributed by atoms with Gasteiger partial charge < -0.3 is 15.0 Å². The molecule has 0 aliphatic rings. The van der Waals surface area contributed by atoms with Gasteiger partial charge in [0, 0.05) is 29.2 Å². The summed E-state index contributed by atoms with van der Waals surface area (Å²) in [5, 5.41) is 3.27. The minimum Gasteiger partial charge on any atom is -0.495 e. The summed E-state index contributed by atoms with van der Waals surface area (Å²) in [6, 6.07) is 16.0. The summed E-state index contributed by atoms with van der Waals surface area (Å²) in [6.45, 7) is 0.763. The second kappa shape index (κ2) is 12.7. The minimum atomic E-state index is -4.23. The van der Waals surface area contributed by atoms with Crippen molar-refractivity contribution in [3.8, 4) is 5.75 Å². The van der Waals surface area contributed by atoms with Gasteiger partial charge in [0.2, 0.25) is 11.8 Å². The van der Waals surface area contributed by atoms with Crippen molar-refractivity contribution in [2.75, 3.05) is 25.0 Å². The molecule has 12 heteroatoms. The molecule has 0 spiro atoms. The molecule has 0 fully saturated rings. The first kappa shape index (κ1) is 29.6. The largest absolute Gasteiger partial charge is 0.495 e. The van der Waals surface area contributed by atoms with Crippen LogP contribution in [-0.4, -0.2) is 51.9 Å². The third-order valence-corrected chi connectivity index (χ3v) is 8.63. The monoisotopic (exact) mass is 597 g/mol.